The van der Waals surface area contributed by atoms with E-state index < -0.39 is 11.6 Å². The fraction of sp³-hybridized carbons (Fsp3) is 0.364. The lowest BCUT2D eigenvalue weighted by atomic mass is 10.2. The lowest BCUT2D eigenvalue weighted by Gasteiger charge is -2.11. The molecule has 0 aliphatic carbocycles. The van der Waals surface area contributed by atoms with Crippen molar-refractivity contribution in [3.63, 3.8) is 0 Å². The van der Waals surface area contributed by atoms with Crippen LogP contribution in [0.15, 0.2) is 18.2 Å². The van der Waals surface area contributed by atoms with Crippen LogP contribution in [-0.4, -0.2) is 31.6 Å². The maximum Gasteiger partial charge on any atom is 0.260 e. The van der Waals surface area contributed by atoms with Crippen molar-refractivity contribution in [2.24, 2.45) is 0 Å². The number of hydrazine groups is 1. The molecule has 1 amide bonds. The fourth-order valence-corrected chi connectivity index (χ4v) is 1.17. The largest absolute Gasteiger partial charge is 0.367 e. The normalized spacial score (nSPS) is 10.6. The molecule has 0 atom stereocenters. The fourth-order valence-electron chi connectivity index (χ4n) is 1.17. The number of amides is 1. The van der Waals surface area contributed by atoms with E-state index >= 15 is 0 Å². The molecule has 0 spiro atoms. The lowest BCUT2D eigenvalue weighted by Crippen LogP contribution is -2.38. The molecule has 0 saturated heterocycles. The molecule has 17 heavy (non-hydrogen) atoms. The molecule has 0 fully saturated rings. The predicted molar refractivity (Wildman–Crippen MR) is 57.8 cm³/mol. The van der Waals surface area contributed by atoms with E-state index in [-0.39, 0.29) is 19.1 Å². The van der Waals surface area contributed by atoms with Gasteiger partial charge in [-0.2, -0.15) is 0 Å². The number of rotatable bonds is 5. The summed E-state index contributed by atoms with van der Waals surface area (Å²) in [5, 5.41) is 1.49. The van der Waals surface area contributed by atoms with Gasteiger partial charge in [-0.3, -0.25) is 10.2 Å². The average molecular weight is 244 g/mol. The van der Waals surface area contributed by atoms with Crippen molar-refractivity contribution in [2.45, 2.75) is 6.61 Å². The zero-order valence-electron chi connectivity index (χ0n) is 9.67. The van der Waals surface area contributed by atoms with Crippen LogP contribution in [0, 0.1) is 11.6 Å². The number of carbonyl (C=O) groups excluding carboxylic acids is 1. The van der Waals surface area contributed by atoms with Crippen LogP contribution in [0.1, 0.15) is 5.56 Å². The number of hydrogen-bond donors (Lipinski definition) is 1. The van der Waals surface area contributed by atoms with Gasteiger partial charge in [0.05, 0.1) is 6.61 Å². The molecule has 0 radical (unpaired) electrons. The van der Waals surface area contributed by atoms with Crippen molar-refractivity contribution in [1.29, 1.82) is 0 Å². The molecule has 0 saturated carbocycles. The summed E-state index contributed by atoms with van der Waals surface area (Å²) in [6.07, 6.45) is 0. The van der Waals surface area contributed by atoms with Gasteiger partial charge in [-0.15, -0.1) is 0 Å². The Morgan fingerprint density at radius 1 is 1.35 bits per heavy atom. The van der Waals surface area contributed by atoms with E-state index in [1.807, 2.05) is 0 Å². The second kappa shape index (κ2) is 6.27. The molecule has 0 heterocycles. The van der Waals surface area contributed by atoms with E-state index in [1.165, 1.54) is 11.1 Å². The van der Waals surface area contributed by atoms with Gasteiger partial charge >= 0.3 is 0 Å². The summed E-state index contributed by atoms with van der Waals surface area (Å²) in [5.41, 5.74) is 2.96. The number of carbonyl (C=O) groups is 1. The summed E-state index contributed by atoms with van der Waals surface area (Å²) < 4.78 is 30.5. The molecule has 0 bridgehead atoms. The van der Waals surface area contributed by atoms with E-state index in [0.717, 1.165) is 12.1 Å². The number of benzene rings is 1. The van der Waals surface area contributed by atoms with Crippen molar-refractivity contribution in [1.82, 2.24) is 10.4 Å². The van der Waals surface area contributed by atoms with E-state index in [2.05, 4.69) is 5.43 Å². The van der Waals surface area contributed by atoms with E-state index in [0.29, 0.717) is 5.56 Å². The molecule has 1 aromatic carbocycles. The van der Waals surface area contributed by atoms with Gasteiger partial charge in [-0.1, -0.05) is 6.07 Å². The molecule has 0 aliphatic heterocycles. The Labute approximate surface area is 98.1 Å². The molecule has 0 aliphatic rings. The average Bonchev–Trinajstić information content (AvgIpc) is 2.22. The van der Waals surface area contributed by atoms with Gasteiger partial charge in [0.2, 0.25) is 0 Å². The first-order valence-electron chi connectivity index (χ1n) is 4.97. The number of halogens is 2. The first-order chi connectivity index (χ1) is 7.99. The van der Waals surface area contributed by atoms with Crippen molar-refractivity contribution in [3.8, 4) is 0 Å². The minimum atomic E-state index is -0.927. The van der Waals surface area contributed by atoms with Gasteiger partial charge in [0.1, 0.15) is 6.61 Å². The molecule has 0 unspecified atom stereocenters. The van der Waals surface area contributed by atoms with Gasteiger partial charge in [0.15, 0.2) is 11.6 Å². The van der Waals surface area contributed by atoms with Crippen LogP contribution in [0.5, 0.6) is 0 Å². The second-order valence-corrected chi connectivity index (χ2v) is 3.67. The van der Waals surface area contributed by atoms with Crippen LogP contribution in [0.25, 0.3) is 0 Å². The molecule has 0 aromatic heterocycles. The van der Waals surface area contributed by atoms with Crippen molar-refractivity contribution >= 4 is 5.91 Å². The van der Waals surface area contributed by atoms with Gasteiger partial charge < -0.3 is 4.74 Å². The number of nitrogens with zero attached hydrogens (tertiary/aromatic N) is 1. The Morgan fingerprint density at radius 2 is 2.06 bits per heavy atom. The van der Waals surface area contributed by atoms with Crippen LogP contribution < -0.4 is 5.43 Å². The van der Waals surface area contributed by atoms with Gasteiger partial charge in [-0.25, -0.2) is 13.8 Å². The highest BCUT2D eigenvalue weighted by Gasteiger charge is 2.05. The van der Waals surface area contributed by atoms with Crippen LogP contribution in [-0.2, 0) is 16.1 Å². The highest BCUT2D eigenvalue weighted by Crippen LogP contribution is 2.09. The minimum absolute atomic E-state index is 0.0536. The lowest BCUT2D eigenvalue weighted by molar-refractivity contribution is -0.129. The Morgan fingerprint density at radius 3 is 2.65 bits per heavy atom. The number of hydrogen-bond acceptors (Lipinski definition) is 3. The third kappa shape index (κ3) is 4.88. The third-order valence-electron chi connectivity index (χ3n) is 1.83. The summed E-state index contributed by atoms with van der Waals surface area (Å²) in [5.74, 6) is -2.14. The Hall–Kier alpha value is -1.53. The number of ether oxygens (including phenoxy) is 1. The highest BCUT2D eigenvalue weighted by atomic mass is 19.2. The molecular weight excluding hydrogens is 230 g/mol. The first kappa shape index (κ1) is 13.5. The standard InChI is InChI=1S/C11H14F2N2O2/c1-15(2)14-11(16)7-17-6-8-3-4-9(12)10(13)5-8/h3-5H,6-7H2,1-2H3,(H,14,16). The molecule has 1 aromatic rings. The van der Waals surface area contributed by atoms with Crippen LogP contribution in [0.4, 0.5) is 8.78 Å². The maximum absolute atomic E-state index is 12.8. The minimum Gasteiger partial charge on any atom is -0.367 e. The molecule has 4 nitrogen and oxygen atoms in total. The molecular formula is C11H14F2N2O2. The quantitative estimate of drug-likeness (QED) is 0.788. The molecule has 94 valence electrons. The topological polar surface area (TPSA) is 41.6 Å². The summed E-state index contributed by atoms with van der Waals surface area (Å²) in [7, 11) is 3.35. The van der Waals surface area contributed by atoms with Gasteiger partial charge in [0.25, 0.3) is 5.91 Å². The summed E-state index contributed by atoms with van der Waals surface area (Å²) >= 11 is 0. The van der Waals surface area contributed by atoms with E-state index in [4.69, 9.17) is 4.74 Å². The Balaban J connectivity index is 2.36. The second-order valence-electron chi connectivity index (χ2n) is 3.67. The van der Waals surface area contributed by atoms with Gasteiger partial charge in [0, 0.05) is 14.1 Å². The van der Waals surface area contributed by atoms with Crippen LogP contribution in [0.3, 0.4) is 0 Å². The molecule has 6 heteroatoms. The maximum atomic E-state index is 12.8. The summed E-state index contributed by atoms with van der Waals surface area (Å²) in [4.78, 5) is 11.2. The van der Waals surface area contributed by atoms with Gasteiger partial charge in [-0.05, 0) is 17.7 Å². The summed E-state index contributed by atoms with van der Waals surface area (Å²) in [6, 6.07) is 3.47. The van der Waals surface area contributed by atoms with Crippen molar-refractivity contribution in [3.05, 3.63) is 35.4 Å². The van der Waals surface area contributed by atoms with E-state index in [1.54, 1.807) is 14.1 Å². The smallest absolute Gasteiger partial charge is 0.260 e. The van der Waals surface area contributed by atoms with Crippen LogP contribution in [0.2, 0.25) is 0 Å². The summed E-state index contributed by atoms with van der Waals surface area (Å²) in [6.45, 7) is -0.0881. The van der Waals surface area contributed by atoms with Crippen molar-refractivity contribution < 1.29 is 18.3 Å². The predicted octanol–water partition coefficient (Wildman–Crippen LogP) is 1.07. The SMILES string of the molecule is CN(C)NC(=O)COCc1ccc(F)c(F)c1. The number of nitrogens with one attached hydrogen (secondary N) is 1. The monoisotopic (exact) mass is 244 g/mol. The zero-order valence-corrected chi connectivity index (χ0v) is 9.67. The zero-order chi connectivity index (χ0) is 12.8. The first-order valence-corrected chi connectivity index (χ1v) is 4.97. The third-order valence-corrected chi connectivity index (χ3v) is 1.83. The highest BCUT2D eigenvalue weighted by molar-refractivity contribution is 5.76. The van der Waals surface area contributed by atoms with E-state index in [9.17, 15) is 13.6 Å². The molecule has 1 N–H and O–H groups in total. The Bertz CT molecular complexity index is 397. The Kier molecular flexibility index (Phi) is 4.99. The van der Waals surface area contributed by atoms with Crippen LogP contribution >= 0.6 is 0 Å². The van der Waals surface area contributed by atoms with Crippen molar-refractivity contribution in [2.75, 3.05) is 20.7 Å². The molecule has 1 rings (SSSR count).